The fourth-order valence-electron chi connectivity index (χ4n) is 3.82. The van der Waals surface area contributed by atoms with Crippen LogP contribution in [0, 0.1) is 13.8 Å². The van der Waals surface area contributed by atoms with Crippen molar-refractivity contribution in [2.45, 2.75) is 31.6 Å². The van der Waals surface area contributed by atoms with Crippen LogP contribution in [0.15, 0.2) is 41.3 Å². The molecule has 0 radical (unpaired) electrons. The number of nitrogens with one attached hydrogen (secondary N) is 1. The van der Waals surface area contributed by atoms with Crippen molar-refractivity contribution in [3.05, 3.63) is 53.1 Å². The number of carbonyl (C=O) groups excluding carboxylic acids is 3. The van der Waals surface area contributed by atoms with Crippen LogP contribution in [-0.2, 0) is 9.59 Å². The normalized spacial score (nSPS) is 15.9. The number of thioether (sulfide) groups is 1. The van der Waals surface area contributed by atoms with Crippen LogP contribution in [0.1, 0.15) is 34.3 Å². The van der Waals surface area contributed by atoms with Gasteiger partial charge in [-0.1, -0.05) is 12.1 Å². The van der Waals surface area contributed by atoms with Gasteiger partial charge in [-0.05, 0) is 62.1 Å². The van der Waals surface area contributed by atoms with Crippen LogP contribution >= 0.6 is 11.8 Å². The molecule has 6 nitrogen and oxygen atoms in total. The summed E-state index contributed by atoms with van der Waals surface area (Å²) >= 11 is 1.44. The standard InChI is InChI=1S/C23H25N3O3S/c1-15-5-6-16(2)18(11-15)24-21(27)13-26-19-12-17(23(29)25-9-3-4-10-25)7-8-20(19)30-14-22(26)28/h5-8,11-12H,3-4,9-10,13-14H2,1-2H3,(H,24,27). The molecule has 2 aliphatic rings. The molecular weight excluding hydrogens is 398 g/mol. The van der Waals surface area contributed by atoms with E-state index >= 15 is 0 Å². The first kappa shape index (κ1) is 20.5. The molecule has 3 amide bonds. The minimum atomic E-state index is -0.258. The van der Waals surface area contributed by atoms with Gasteiger partial charge >= 0.3 is 0 Å². The van der Waals surface area contributed by atoms with E-state index in [1.165, 1.54) is 16.7 Å². The highest BCUT2D eigenvalue weighted by molar-refractivity contribution is 8.00. The van der Waals surface area contributed by atoms with Gasteiger partial charge in [0.15, 0.2) is 0 Å². The van der Waals surface area contributed by atoms with E-state index in [0.29, 0.717) is 11.3 Å². The number of benzene rings is 2. The third-order valence-corrected chi connectivity index (χ3v) is 6.56. The molecule has 0 saturated carbocycles. The van der Waals surface area contributed by atoms with Crippen molar-refractivity contribution in [2.24, 2.45) is 0 Å². The topological polar surface area (TPSA) is 69.7 Å². The first-order valence-electron chi connectivity index (χ1n) is 10.2. The van der Waals surface area contributed by atoms with Gasteiger partial charge in [0, 0.05) is 29.2 Å². The second-order valence-corrected chi connectivity index (χ2v) is 8.83. The van der Waals surface area contributed by atoms with Gasteiger partial charge in [0.1, 0.15) is 6.54 Å². The van der Waals surface area contributed by atoms with Gasteiger partial charge in [0.05, 0.1) is 11.4 Å². The highest BCUT2D eigenvalue weighted by Gasteiger charge is 2.29. The Hall–Kier alpha value is -2.80. The molecule has 4 rings (SSSR count). The lowest BCUT2D eigenvalue weighted by Gasteiger charge is -2.29. The second-order valence-electron chi connectivity index (χ2n) is 7.82. The van der Waals surface area contributed by atoms with Crippen molar-refractivity contribution in [1.29, 1.82) is 0 Å². The molecule has 1 saturated heterocycles. The molecule has 0 atom stereocenters. The molecule has 0 unspecified atom stereocenters. The third kappa shape index (κ3) is 4.21. The summed E-state index contributed by atoms with van der Waals surface area (Å²) in [5, 5.41) is 2.92. The Labute approximate surface area is 180 Å². The quantitative estimate of drug-likeness (QED) is 0.816. The average molecular weight is 424 g/mol. The summed E-state index contributed by atoms with van der Waals surface area (Å²) < 4.78 is 0. The minimum Gasteiger partial charge on any atom is -0.339 e. The van der Waals surface area contributed by atoms with Gasteiger partial charge in [-0.2, -0.15) is 0 Å². The van der Waals surface area contributed by atoms with Crippen molar-refractivity contribution in [1.82, 2.24) is 4.90 Å². The summed E-state index contributed by atoms with van der Waals surface area (Å²) in [6.45, 7) is 5.36. The van der Waals surface area contributed by atoms with Crippen molar-refractivity contribution >= 4 is 40.9 Å². The zero-order valence-corrected chi connectivity index (χ0v) is 18.1. The van der Waals surface area contributed by atoms with E-state index in [2.05, 4.69) is 5.32 Å². The summed E-state index contributed by atoms with van der Waals surface area (Å²) in [6.07, 6.45) is 2.05. The smallest absolute Gasteiger partial charge is 0.253 e. The Morgan fingerprint density at radius 1 is 1.07 bits per heavy atom. The van der Waals surface area contributed by atoms with E-state index < -0.39 is 0 Å². The number of hydrogen-bond acceptors (Lipinski definition) is 4. The van der Waals surface area contributed by atoms with Crippen LogP contribution in [0.2, 0.25) is 0 Å². The Bertz CT molecular complexity index is 1010. The summed E-state index contributed by atoms with van der Waals surface area (Å²) in [6, 6.07) is 11.3. The van der Waals surface area contributed by atoms with Gasteiger partial charge in [-0.3, -0.25) is 14.4 Å². The number of aryl methyl sites for hydroxylation is 2. The van der Waals surface area contributed by atoms with Gasteiger partial charge in [-0.25, -0.2) is 0 Å². The molecule has 7 heteroatoms. The zero-order valence-electron chi connectivity index (χ0n) is 17.2. The highest BCUT2D eigenvalue weighted by Crippen LogP contribution is 2.36. The van der Waals surface area contributed by atoms with E-state index in [1.54, 1.807) is 6.07 Å². The van der Waals surface area contributed by atoms with Crippen molar-refractivity contribution in [2.75, 3.05) is 35.6 Å². The third-order valence-electron chi connectivity index (χ3n) is 5.51. The van der Waals surface area contributed by atoms with E-state index in [0.717, 1.165) is 47.6 Å². The maximum absolute atomic E-state index is 12.8. The number of anilines is 2. The molecule has 0 aromatic heterocycles. The van der Waals surface area contributed by atoms with Crippen LogP contribution in [0.4, 0.5) is 11.4 Å². The van der Waals surface area contributed by atoms with Gasteiger partial charge in [-0.15, -0.1) is 11.8 Å². The number of rotatable bonds is 4. The fourth-order valence-corrected chi connectivity index (χ4v) is 4.73. The molecular formula is C23H25N3O3S. The summed E-state index contributed by atoms with van der Waals surface area (Å²) in [4.78, 5) is 42.4. The lowest BCUT2D eigenvalue weighted by atomic mass is 10.1. The first-order chi connectivity index (χ1) is 14.4. The summed E-state index contributed by atoms with van der Waals surface area (Å²) in [5.74, 6) is -0.123. The number of fused-ring (bicyclic) bond motifs is 1. The van der Waals surface area contributed by atoms with Crippen molar-refractivity contribution in [3.63, 3.8) is 0 Å². The molecule has 1 fully saturated rings. The molecule has 30 heavy (non-hydrogen) atoms. The van der Waals surface area contributed by atoms with E-state index in [1.807, 2.05) is 49.1 Å². The summed E-state index contributed by atoms with van der Waals surface area (Å²) in [5.41, 5.74) is 3.96. The molecule has 0 bridgehead atoms. The molecule has 2 aromatic rings. The maximum Gasteiger partial charge on any atom is 0.253 e. The maximum atomic E-state index is 12.8. The van der Waals surface area contributed by atoms with Gasteiger partial charge < -0.3 is 15.1 Å². The highest BCUT2D eigenvalue weighted by atomic mass is 32.2. The first-order valence-corrected chi connectivity index (χ1v) is 11.1. The molecule has 0 aliphatic carbocycles. The zero-order chi connectivity index (χ0) is 21.3. The second kappa shape index (κ2) is 8.52. The van der Waals surface area contributed by atoms with Gasteiger partial charge in [0.25, 0.3) is 5.91 Å². The number of nitrogens with zero attached hydrogens (tertiary/aromatic N) is 2. The number of likely N-dealkylation sites (tertiary alicyclic amines) is 1. The van der Waals surface area contributed by atoms with Crippen LogP contribution in [-0.4, -0.2) is 48.0 Å². The lowest BCUT2D eigenvalue weighted by Crippen LogP contribution is -2.41. The molecule has 1 N–H and O–H groups in total. The van der Waals surface area contributed by atoms with Crippen molar-refractivity contribution in [3.8, 4) is 0 Å². The summed E-state index contributed by atoms with van der Waals surface area (Å²) in [7, 11) is 0. The van der Waals surface area contributed by atoms with Crippen LogP contribution in [0.5, 0.6) is 0 Å². The van der Waals surface area contributed by atoms with E-state index in [-0.39, 0.29) is 30.0 Å². The number of carbonyl (C=O) groups is 3. The minimum absolute atomic E-state index is 0.0156. The Morgan fingerprint density at radius 2 is 1.83 bits per heavy atom. The predicted octanol–water partition coefficient (Wildman–Crippen LogP) is 3.62. The number of hydrogen-bond donors (Lipinski definition) is 1. The lowest BCUT2D eigenvalue weighted by molar-refractivity contribution is -0.120. The van der Waals surface area contributed by atoms with Crippen LogP contribution in [0.3, 0.4) is 0 Å². The van der Waals surface area contributed by atoms with Crippen molar-refractivity contribution < 1.29 is 14.4 Å². The van der Waals surface area contributed by atoms with E-state index in [4.69, 9.17) is 0 Å². The molecule has 2 heterocycles. The molecule has 2 aliphatic heterocycles. The Kier molecular flexibility index (Phi) is 5.81. The number of amides is 3. The predicted molar refractivity (Wildman–Crippen MR) is 119 cm³/mol. The molecule has 2 aromatic carbocycles. The Morgan fingerprint density at radius 3 is 2.60 bits per heavy atom. The average Bonchev–Trinajstić information content (AvgIpc) is 3.27. The Balaban J connectivity index is 1.56. The van der Waals surface area contributed by atoms with Gasteiger partial charge in [0.2, 0.25) is 11.8 Å². The SMILES string of the molecule is Cc1ccc(C)c(NC(=O)CN2C(=O)CSc3ccc(C(=O)N4CCCC4)cc32)c1. The molecule has 0 spiro atoms. The van der Waals surface area contributed by atoms with E-state index in [9.17, 15) is 14.4 Å². The fraction of sp³-hybridized carbons (Fsp3) is 0.348. The molecule has 156 valence electrons. The van der Waals surface area contributed by atoms with Crippen LogP contribution < -0.4 is 10.2 Å². The monoisotopic (exact) mass is 423 g/mol. The largest absolute Gasteiger partial charge is 0.339 e. The van der Waals surface area contributed by atoms with Crippen LogP contribution in [0.25, 0.3) is 0 Å².